The van der Waals surface area contributed by atoms with Crippen molar-refractivity contribution in [3.05, 3.63) is 54.1 Å². The average molecular weight is 306 g/mol. The van der Waals surface area contributed by atoms with Crippen LogP contribution in [-0.4, -0.2) is 21.4 Å². The number of benzene rings is 2. The second kappa shape index (κ2) is 6.49. The zero-order valence-corrected chi connectivity index (χ0v) is 12.8. The van der Waals surface area contributed by atoms with Crippen LogP contribution in [0.2, 0.25) is 0 Å². The molecule has 0 radical (unpaired) electrons. The van der Waals surface area contributed by atoms with E-state index in [1.807, 2.05) is 37.3 Å². The summed E-state index contributed by atoms with van der Waals surface area (Å²) in [4.78, 5) is 0. The molecule has 2 aromatic carbocycles. The molecule has 0 spiro atoms. The van der Waals surface area contributed by atoms with Gasteiger partial charge in [-0.2, -0.15) is 0 Å². The first-order valence-electron chi connectivity index (χ1n) is 6.43. The van der Waals surface area contributed by atoms with Crippen molar-refractivity contribution >= 4 is 21.4 Å². The molecule has 2 rings (SSSR count). The molecule has 0 aromatic heterocycles. The van der Waals surface area contributed by atoms with E-state index in [1.54, 1.807) is 18.2 Å². The molecular formula is C15H18N2O3S. The second-order valence-corrected chi connectivity index (χ2v) is 6.49. The van der Waals surface area contributed by atoms with E-state index in [1.165, 1.54) is 0 Å². The van der Waals surface area contributed by atoms with E-state index in [-0.39, 0.29) is 0 Å². The van der Waals surface area contributed by atoms with Crippen LogP contribution >= 0.6 is 0 Å². The van der Waals surface area contributed by atoms with Gasteiger partial charge in [0.15, 0.2) is 6.73 Å². The minimum absolute atomic E-state index is 0.297. The summed E-state index contributed by atoms with van der Waals surface area (Å²) in [5, 5.41) is 3.08. The lowest BCUT2D eigenvalue weighted by atomic mass is 10.2. The third-order valence-electron chi connectivity index (χ3n) is 2.67. The van der Waals surface area contributed by atoms with E-state index < -0.39 is 10.0 Å². The lowest BCUT2D eigenvalue weighted by Crippen LogP contribution is -2.11. The summed E-state index contributed by atoms with van der Waals surface area (Å²) < 4.78 is 30.4. The van der Waals surface area contributed by atoms with E-state index in [4.69, 9.17) is 4.74 Å². The van der Waals surface area contributed by atoms with Crippen molar-refractivity contribution < 1.29 is 13.2 Å². The van der Waals surface area contributed by atoms with Gasteiger partial charge in [0.1, 0.15) is 5.75 Å². The Morgan fingerprint density at radius 3 is 2.48 bits per heavy atom. The van der Waals surface area contributed by atoms with E-state index in [9.17, 15) is 8.42 Å². The van der Waals surface area contributed by atoms with Crippen LogP contribution in [0.15, 0.2) is 48.5 Å². The highest BCUT2D eigenvalue weighted by atomic mass is 32.2. The smallest absolute Gasteiger partial charge is 0.229 e. The van der Waals surface area contributed by atoms with Gasteiger partial charge in [0.25, 0.3) is 0 Å². The fourth-order valence-corrected chi connectivity index (χ4v) is 2.37. The van der Waals surface area contributed by atoms with Crippen molar-refractivity contribution in [1.82, 2.24) is 0 Å². The fourth-order valence-electron chi connectivity index (χ4n) is 1.81. The molecule has 6 heteroatoms. The highest BCUT2D eigenvalue weighted by Gasteiger charge is 2.02. The molecule has 2 aromatic rings. The lowest BCUT2D eigenvalue weighted by Gasteiger charge is -2.11. The number of ether oxygens (including phenoxy) is 1. The Labute approximate surface area is 125 Å². The van der Waals surface area contributed by atoms with Crippen molar-refractivity contribution in [2.75, 3.05) is 23.0 Å². The normalized spacial score (nSPS) is 11.0. The van der Waals surface area contributed by atoms with Crippen LogP contribution in [0.1, 0.15) is 5.56 Å². The van der Waals surface area contributed by atoms with Crippen LogP contribution in [0.25, 0.3) is 0 Å². The van der Waals surface area contributed by atoms with E-state index >= 15 is 0 Å². The topological polar surface area (TPSA) is 67.4 Å². The molecule has 2 N–H and O–H groups in total. The number of rotatable bonds is 6. The van der Waals surface area contributed by atoms with Crippen LogP contribution in [-0.2, 0) is 10.0 Å². The molecular weight excluding hydrogens is 288 g/mol. The Morgan fingerprint density at radius 2 is 1.76 bits per heavy atom. The largest absolute Gasteiger partial charge is 0.473 e. The van der Waals surface area contributed by atoms with Gasteiger partial charge in [-0.15, -0.1) is 0 Å². The van der Waals surface area contributed by atoms with Crippen LogP contribution in [0.4, 0.5) is 11.4 Å². The van der Waals surface area contributed by atoms with Gasteiger partial charge in [0.05, 0.1) is 11.9 Å². The SMILES string of the molecule is Cc1cccc(OCNc2cccc(NS(C)(=O)=O)c2)c1. The van der Waals surface area contributed by atoms with Gasteiger partial charge in [0.2, 0.25) is 10.0 Å². The predicted molar refractivity (Wildman–Crippen MR) is 85.2 cm³/mol. The van der Waals surface area contributed by atoms with Crippen molar-refractivity contribution in [3.63, 3.8) is 0 Å². The van der Waals surface area contributed by atoms with Gasteiger partial charge in [-0.3, -0.25) is 4.72 Å². The predicted octanol–water partition coefficient (Wildman–Crippen LogP) is 2.81. The fraction of sp³-hybridized carbons (Fsp3) is 0.200. The molecule has 0 amide bonds. The summed E-state index contributed by atoms with van der Waals surface area (Å²) in [6.07, 6.45) is 1.12. The Bertz CT molecular complexity index is 714. The van der Waals surface area contributed by atoms with Gasteiger partial charge in [0, 0.05) is 5.69 Å². The molecule has 5 nitrogen and oxygen atoms in total. The quantitative estimate of drug-likeness (QED) is 0.805. The van der Waals surface area contributed by atoms with Crippen LogP contribution in [0.5, 0.6) is 5.75 Å². The Kier molecular flexibility index (Phi) is 4.70. The Hall–Kier alpha value is -2.21. The minimum Gasteiger partial charge on any atom is -0.473 e. The lowest BCUT2D eigenvalue weighted by molar-refractivity contribution is 0.346. The summed E-state index contributed by atoms with van der Waals surface area (Å²) >= 11 is 0. The third-order valence-corrected chi connectivity index (χ3v) is 3.28. The molecule has 21 heavy (non-hydrogen) atoms. The molecule has 0 aliphatic rings. The van der Waals surface area contributed by atoms with E-state index in [0.29, 0.717) is 12.4 Å². The van der Waals surface area contributed by atoms with Crippen molar-refractivity contribution in [1.29, 1.82) is 0 Å². The van der Waals surface area contributed by atoms with Gasteiger partial charge < -0.3 is 10.1 Å². The molecule has 0 saturated carbocycles. The number of sulfonamides is 1. The molecule has 0 unspecified atom stereocenters. The zero-order chi connectivity index (χ0) is 15.3. The van der Waals surface area contributed by atoms with Gasteiger partial charge >= 0.3 is 0 Å². The van der Waals surface area contributed by atoms with Gasteiger partial charge in [-0.05, 0) is 42.8 Å². The summed E-state index contributed by atoms with van der Waals surface area (Å²) in [5.41, 5.74) is 2.42. The number of aryl methyl sites for hydroxylation is 1. The highest BCUT2D eigenvalue weighted by Crippen LogP contribution is 2.17. The van der Waals surface area contributed by atoms with Gasteiger partial charge in [-0.25, -0.2) is 8.42 Å². The van der Waals surface area contributed by atoms with E-state index in [0.717, 1.165) is 23.3 Å². The summed E-state index contributed by atoms with van der Waals surface area (Å²) in [7, 11) is -3.27. The molecule has 0 aliphatic heterocycles. The van der Waals surface area contributed by atoms with Crippen molar-refractivity contribution in [3.8, 4) is 5.75 Å². The first-order chi connectivity index (χ1) is 9.92. The molecule has 0 bridgehead atoms. The number of nitrogens with one attached hydrogen (secondary N) is 2. The Balaban J connectivity index is 1.93. The molecule has 0 saturated heterocycles. The monoisotopic (exact) mass is 306 g/mol. The summed E-state index contributed by atoms with van der Waals surface area (Å²) in [5.74, 6) is 0.785. The maximum absolute atomic E-state index is 11.2. The second-order valence-electron chi connectivity index (χ2n) is 4.74. The Morgan fingerprint density at radius 1 is 1.05 bits per heavy atom. The molecule has 0 fully saturated rings. The minimum atomic E-state index is -3.27. The maximum Gasteiger partial charge on any atom is 0.229 e. The van der Waals surface area contributed by atoms with Gasteiger partial charge in [-0.1, -0.05) is 18.2 Å². The molecule has 0 atom stereocenters. The molecule has 0 aliphatic carbocycles. The van der Waals surface area contributed by atoms with Crippen LogP contribution < -0.4 is 14.8 Å². The number of hydrogen-bond acceptors (Lipinski definition) is 4. The van der Waals surface area contributed by atoms with Crippen molar-refractivity contribution in [2.45, 2.75) is 6.92 Å². The maximum atomic E-state index is 11.2. The first kappa shape index (κ1) is 15.2. The summed E-state index contributed by atoms with van der Waals surface area (Å²) in [6, 6.07) is 14.8. The standard InChI is InChI=1S/C15H18N2O3S/c1-12-5-3-8-15(9-12)20-11-16-13-6-4-7-14(10-13)17-21(2,18)19/h3-10,16-17H,11H2,1-2H3. The molecule has 112 valence electrons. The van der Waals surface area contributed by atoms with Crippen molar-refractivity contribution in [2.24, 2.45) is 0 Å². The molecule has 0 heterocycles. The van der Waals surface area contributed by atoms with Crippen LogP contribution in [0, 0.1) is 6.92 Å². The number of hydrogen-bond donors (Lipinski definition) is 2. The first-order valence-corrected chi connectivity index (χ1v) is 8.33. The van der Waals surface area contributed by atoms with Crippen LogP contribution in [0.3, 0.4) is 0 Å². The zero-order valence-electron chi connectivity index (χ0n) is 12.0. The summed E-state index contributed by atoms with van der Waals surface area (Å²) in [6.45, 7) is 2.30. The number of anilines is 2. The average Bonchev–Trinajstić information content (AvgIpc) is 2.37. The van der Waals surface area contributed by atoms with E-state index in [2.05, 4.69) is 10.0 Å². The highest BCUT2D eigenvalue weighted by molar-refractivity contribution is 7.92. The third kappa shape index (κ3) is 5.35.